The first-order valence-electron chi connectivity index (χ1n) is 6.77. The van der Waals surface area contributed by atoms with E-state index in [0.717, 1.165) is 0 Å². The highest BCUT2D eigenvalue weighted by Crippen LogP contribution is 2.31. The van der Waals surface area contributed by atoms with Crippen LogP contribution < -0.4 is 5.32 Å². The van der Waals surface area contributed by atoms with Crippen LogP contribution in [0.3, 0.4) is 0 Å². The first-order valence-corrected chi connectivity index (χ1v) is 6.77. The van der Waals surface area contributed by atoms with E-state index >= 15 is 0 Å². The molecule has 5 nitrogen and oxygen atoms in total. The van der Waals surface area contributed by atoms with Gasteiger partial charge in [-0.3, -0.25) is 4.79 Å². The summed E-state index contributed by atoms with van der Waals surface area (Å²) in [5, 5.41) is 10.6. The fourth-order valence-corrected chi connectivity index (χ4v) is 2.70. The largest absolute Gasteiger partial charge is 0.465 e. The second-order valence-corrected chi connectivity index (χ2v) is 5.29. The number of alkyl halides is 3. The van der Waals surface area contributed by atoms with Crippen molar-refractivity contribution in [3.8, 4) is 0 Å². The van der Waals surface area contributed by atoms with Crippen molar-refractivity contribution in [2.24, 2.45) is 0 Å². The van der Waals surface area contributed by atoms with Gasteiger partial charge in [-0.15, -0.1) is 0 Å². The van der Waals surface area contributed by atoms with E-state index in [1.165, 1.54) is 24.3 Å². The first kappa shape index (κ1) is 17.0. The van der Waals surface area contributed by atoms with Crippen LogP contribution in [0, 0.1) is 5.82 Å². The summed E-state index contributed by atoms with van der Waals surface area (Å²) in [6, 6.07) is 4.21. The number of amides is 2. The van der Waals surface area contributed by atoms with Gasteiger partial charge >= 0.3 is 12.3 Å². The number of piperidine rings is 1. The van der Waals surface area contributed by atoms with Crippen LogP contribution in [0.4, 0.5) is 22.4 Å². The van der Waals surface area contributed by atoms with Gasteiger partial charge in [-0.05, 0) is 18.1 Å². The van der Waals surface area contributed by atoms with Crippen LogP contribution in [0.1, 0.15) is 17.9 Å². The highest BCUT2D eigenvalue weighted by molar-refractivity contribution is 5.86. The number of rotatable bonds is 3. The quantitative estimate of drug-likeness (QED) is 0.834. The van der Waals surface area contributed by atoms with Crippen molar-refractivity contribution < 1.29 is 32.3 Å². The topological polar surface area (TPSA) is 69.6 Å². The molecular weight excluding hydrogens is 320 g/mol. The Bertz CT molecular complexity index is 606. The van der Waals surface area contributed by atoms with Crippen LogP contribution in [0.2, 0.25) is 0 Å². The third-order valence-electron chi connectivity index (χ3n) is 3.58. The Morgan fingerprint density at radius 2 is 2.00 bits per heavy atom. The zero-order valence-electron chi connectivity index (χ0n) is 11.8. The molecule has 1 aromatic carbocycles. The second kappa shape index (κ2) is 6.43. The van der Waals surface area contributed by atoms with Gasteiger partial charge in [0.05, 0.1) is 0 Å². The zero-order valence-corrected chi connectivity index (χ0v) is 11.8. The Labute approximate surface area is 128 Å². The van der Waals surface area contributed by atoms with Crippen molar-refractivity contribution in [3.63, 3.8) is 0 Å². The number of hydrogen-bond donors (Lipinski definition) is 2. The lowest BCUT2D eigenvalue weighted by Crippen LogP contribution is -2.56. The fourth-order valence-electron chi connectivity index (χ4n) is 2.70. The third kappa shape index (κ3) is 4.33. The van der Waals surface area contributed by atoms with E-state index in [1.807, 2.05) is 5.32 Å². The molecule has 1 aliphatic rings. The molecule has 2 atom stereocenters. The summed E-state index contributed by atoms with van der Waals surface area (Å²) in [7, 11) is 0. The molecule has 0 unspecified atom stereocenters. The molecule has 0 aliphatic carbocycles. The van der Waals surface area contributed by atoms with E-state index in [-0.39, 0.29) is 18.5 Å². The molecule has 1 saturated heterocycles. The van der Waals surface area contributed by atoms with Gasteiger partial charge in [0.2, 0.25) is 5.91 Å². The maximum absolute atomic E-state index is 13.9. The molecule has 2 rings (SSSR count). The number of carbonyl (C=O) groups is 2. The fraction of sp³-hybridized carbons (Fsp3) is 0.429. The van der Waals surface area contributed by atoms with Gasteiger partial charge in [-0.1, -0.05) is 18.2 Å². The van der Waals surface area contributed by atoms with Crippen molar-refractivity contribution in [1.29, 1.82) is 0 Å². The molecule has 23 heavy (non-hydrogen) atoms. The molecule has 9 heteroatoms. The van der Waals surface area contributed by atoms with Crippen molar-refractivity contribution in [2.45, 2.75) is 24.6 Å². The van der Waals surface area contributed by atoms with Gasteiger partial charge in [-0.2, -0.15) is 13.2 Å². The van der Waals surface area contributed by atoms with E-state index in [4.69, 9.17) is 5.11 Å². The van der Waals surface area contributed by atoms with E-state index in [1.54, 1.807) is 0 Å². The average Bonchev–Trinajstić information content (AvgIpc) is 2.41. The number of nitrogens with one attached hydrogen (secondary N) is 1. The van der Waals surface area contributed by atoms with Crippen molar-refractivity contribution >= 4 is 12.0 Å². The molecule has 0 spiro atoms. The molecule has 0 bridgehead atoms. The summed E-state index contributed by atoms with van der Waals surface area (Å²) >= 11 is 0. The molecular formula is C14H14F4N2O3. The van der Waals surface area contributed by atoms with Crippen molar-refractivity contribution in [2.75, 3.05) is 13.1 Å². The molecule has 1 aliphatic heterocycles. The summed E-state index contributed by atoms with van der Waals surface area (Å²) in [4.78, 5) is 23.3. The van der Waals surface area contributed by atoms with E-state index < -0.39 is 42.5 Å². The maximum Gasteiger partial charge on any atom is 0.406 e. The summed E-state index contributed by atoms with van der Waals surface area (Å²) in [5.74, 6) is -2.29. The number of benzene rings is 1. The van der Waals surface area contributed by atoms with Crippen LogP contribution in [0.15, 0.2) is 24.3 Å². The molecule has 2 amide bonds. The minimum atomic E-state index is -4.62. The molecule has 2 N–H and O–H groups in total. The predicted molar refractivity (Wildman–Crippen MR) is 71.3 cm³/mol. The lowest BCUT2D eigenvalue weighted by Gasteiger charge is -2.37. The molecule has 0 radical (unpaired) electrons. The Morgan fingerprint density at radius 3 is 2.57 bits per heavy atom. The van der Waals surface area contributed by atoms with E-state index in [0.29, 0.717) is 4.90 Å². The Balaban J connectivity index is 2.28. The molecule has 1 aromatic rings. The van der Waals surface area contributed by atoms with Gasteiger partial charge in [0, 0.05) is 12.5 Å². The standard InChI is InChI=1S/C14H14F4N2O3/c15-10-4-2-1-3-9(10)8-5-11(19-13(22)23)12(21)20(6-8)7-14(16,17)18/h1-4,8,11,19H,5-7H2,(H,22,23)/t8-,11+/m1/s1. The molecule has 126 valence electrons. The molecule has 0 aromatic heterocycles. The summed E-state index contributed by atoms with van der Waals surface area (Å²) < 4.78 is 51.7. The third-order valence-corrected chi connectivity index (χ3v) is 3.58. The van der Waals surface area contributed by atoms with Crippen molar-refractivity contribution in [3.05, 3.63) is 35.6 Å². The maximum atomic E-state index is 13.9. The van der Waals surface area contributed by atoms with E-state index in [9.17, 15) is 27.2 Å². The highest BCUT2D eigenvalue weighted by Gasteiger charge is 2.41. The van der Waals surface area contributed by atoms with Gasteiger partial charge in [-0.25, -0.2) is 9.18 Å². The number of carbonyl (C=O) groups excluding carboxylic acids is 1. The predicted octanol–water partition coefficient (Wildman–Crippen LogP) is 2.34. The monoisotopic (exact) mass is 334 g/mol. The first-order chi connectivity index (χ1) is 10.7. The number of hydrogen-bond acceptors (Lipinski definition) is 2. The SMILES string of the molecule is O=C(O)N[C@H]1C[C@@H](c2ccccc2F)CN(CC(F)(F)F)C1=O. The van der Waals surface area contributed by atoms with Gasteiger partial charge in [0.1, 0.15) is 18.4 Å². The second-order valence-electron chi connectivity index (χ2n) is 5.29. The van der Waals surface area contributed by atoms with Gasteiger partial charge < -0.3 is 15.3 Å². The van der Waals surface area contributed by atoms with Crippen LogP contribution in [-0.2, 0) is 4.79 Å². The molecule has 1 heterocycles. The normalized spacial score (nSPS) is 22.1. The number of halogens is 4. The lowest BCUT2D eigenvalue weighted by atomic mass is 9.87. The van der Waals surface area contributed by atoms with Gasteiger partial charge in [0.15, 0.2) is 0 Å². The van der Waals surface area contributed by atoms with Crippen LogP contribution >= 0.6 is 0 Å². The molecule has 0 saturated carbocycles. The summed E-state index contributed by atoms with van der Waals surface area (Å²) in [6.07, 6.45) is -6.24. The smallest absolute Gasteiger partial charge is 0.406 e. The Morgan fingerprint density at radius 1 is 1.35 bits per heavy atom. The van der Waals surface area contributed by atoms with E-state index in [2.05, 4.69) is 0 Å². The van der Waals surface area contributed by atoms with Crippen LogP contribution in [-0.4, -0.2) is 47.3 Å². The molecule has 1 fully saturated rings. The number of nitrogens with zero attached hydrogens (tertiary/aromatic N) is 1. The van der Waals surface area contributed by atoms with Crippen LogP contribution in [0.5, 0.6) is 0 Å². The highest BCUT2D eigenvalue weighted by atomic mass is 19.4. The summed E-state index contributed by atoms with van der Waals surface area (Å²) in [5.41, 5.74) is 0.157. The minimum absolute atomic E-state index is 0.0968. The Kier molecular flexibility index (Phi) is 4.76. The lowest BCUT2D eigenvalue weighted by molar-refractivity contribution is -0.165. The van der Waals surface area contributed by atoms with Crippen molar-refractivity contribution in [1.82, 2.24) is 10.2 Å². The number of carboxylic acid groups (broad SMARTS) is 1. The average molecular weight is 334 g/mol. The number of likely N-dealkylation sites (tertiary alicyclic amines) is 1. The summed E-state index contributed by atoms with van der Waals surface area (Å²) in [6.45, 7) is -1.83. The minimum Gasteiger partial charge on any atom is -0.465 e. The Hall–Kier alpha value is -2.32. The van der Waals surface area contributed by atoms with Crippen LogP contribution in [0.25, 0.3) is 0 Å². The van der Waals surface area contributed by atoms with Gasteiger partial charge in [0.25, 0.3) is 0 Å². The zero-order chi connectivity index (χ0) is 17.2.